The summed E-state index contributed by atoms with van der Waals surface area (Å²) in [5, 5.41) is 13.6. The minimum Gasteiger partial charge on any atom is -0.393 e. The number of nitrogens with one attached hydrogen (secondary N) is 1. The van der Waals surface area contributed by atoms with Crippen LogP contribution in [0.25, 0.3) is 0 Å². The van der Waals surface area contributed by atoms with E-state index in [2.05, 4.69) is 37.4 Å². The van der Waals surface area contributed by atoms with Gasteiger partial charge in [-0.1, -0.05) is 23.8 Å². The Balaban J connectivity index is 1.88. The molecule has 1 aliphatic heterocycles. The minimum atomic E-state index is -0.155. The third-order valence-corrected chi connectivity index (χ3v) is 4.09. The average Bonchev–Trinajstić information content (AvgIpc) is 2.40. The summed E-state index contributed by atoms with van der Waals surface area (Å²) in [7, 11) is 0. The number of piperidine rings is 1. The summed E-state index contributed by atoms with van der Waals surface area (Å²) in [5.74, 6) is 0.448. The fourth-order valence-corrected chi connectivity index (χ4v) is 2.82. The van der Waals surface area contributed by atoms with E-state index in [1.54, 1.807) is 0 Å². The maximum atomic E-state index is 10.3. The summed E-state index contributed by atoms with van der Waals surface area (Å²) in [6.45, 7) is 6.38. The van der Waals surface area contributed by atoms with Crippen molar-refractivity contribution in [3.8, 4) is 0 Å². The number of benzene rings is 1. The fourth-order valence-electron chi connectivity index (χ4n) is 2.82. The van der Waals surface area contributed by atoms with E-state index in [1.165, 1.54) is 29.5 Å². The number of hydrogen-bond acceptors (Lipinski definition) is 2. The molecule has 2 atom stereocenters. The molecule has 1 aliphatic rings. The normalized spacial score (nSPS) is 21.8. The maximum Gasteiger partial charge on any atom is 0.0583 e. The van der Waals surface area contributed by atoms with E-state index in [-0.39, 0.29) is 6.10 Å². The molecule has 2 N–H and O–H groups in total. The van der Waals surface area contributed by atoms with E-state index in [1.807, 2.05) is 0 Å². The number of hydrogen-bond donors (Lipinski definition) is 2. The Hall–Kier alpha value is -0.860. The quantitative estimate of drug-likeness (QED) is 0.857. The van der Waals surface area contributed by atoms with E-state index >= 15 is 0 Å². The van der Waals surface area contributed by atoms with Gasteiger partial charge in [0, 0.05) is 6.54 Å². The van der Waals surface area contributed by atoms with Crippen LogP contribution in [0.2, 0.25) is 0 Å². The van der Waals surface area contributed by atoms with Gasteiger partial charge in [-0.2, -0.15) is 0 Å². The molecule has 0 bridgehead atoms. The molecule has 0 spiro atoms. The Kier molecular flexibility index (Phi) is 4.79. The summed E-state index contributed by atoms with van der Waals surface area (Å²) in [4.78, 5) is 0. The third-order valence-electron chi connectivity index (χ3n) is 4.09. The molecule has 100 valence electrons. The van der Waals surface area contributed by atoms with E-state index in [0.29, 0.717) is 5.92 Å². The van der Waals surface area contributed by atoms with Gasteiger partial charge < -0.3 is 10.4 Å². The third kappa shape index (κ3) is 3.56. The number of aryl methyl sites for hydroxylation is 3. The molecule has 0 amide bonds. The van der Waals surface area contributed by atoms with Crippen LogP contribution in [0, 0.1) is 19.8 Å². The van der Waals surface area contributed by atoms with Crippen molar-refractivity contribution in [3.05, 3.63) is 34.9 Å². The number of aliphatic hydroxyl groups excluding tert-OH is 1. The van der Waals surface area contributed by atoms with Gasteiger partial charge in [0.2, 0.25) is 0 Å². The largest absolute Gasteiger partial charge is 0.393 e. The molecule has 0 radical (unpaired) electrons. The van der Waals surface area contributed by atoms with Gasteiger partial charge in [-0.25, -0.2) is 0 Å². The van der Waals surface area contributed by atoms with Gasteiger partial charge in [0.25, 0.3) is 0 Å². The lowest BCUT2D eigenvalue weighted by Crippen LogP contribution is -2.36. The molecule has 1 aromatic rings. The molecule has 18 heavy (non-hydrogen) atoms. The molecular weight excluding hydrogens is 222 g/mol. The smallest absolute Gasteiger partial charge is 0.0583 e. The lowest BCUT2D eigenvalue weighted by molar-refractivity contribution is 0.0844. The summed E-state index contributed by atoms with van der Waals surface area (Å²) < 4.78 is 0. The van der Waals surface area contributed by atoms with Gasteiger partial charge in [0.1, 0.15) is 0 Å². The molecule has 1 saturated heterocycles. The van der Waals surface area contributed by atoms with Crippen LogP contribution >= 0.6 is 0 Å². The Labute approximate surface area is 110 Å². The van der Waals surface area contributed by atoms with E-state index in [0.717, 1.165) is 25.9 Å². The SMILES string of the molecule is Cc1ccc(C)c(CCC(O)C2CCCNC2)c1. The lowest BCUT2D eigenvalue weighted by Gasteiger charge is -2.27. The van der Waals surface area contributed by atoms with E-state index in [9.17, 15) is 5.11 Å². The van der Waals surface area contributed by atoms with Crippen LogP contribution in [0.15, 0.2) is 18.2 Å². The zero-order valence-corrected chi connectivity index (χ0v) is 11.6. The van der Waals surface area contributed by atoms with Crippen molar-refractivity contribution < 1.29 is 5.11 Å². The van der Waals surface area contributed by atoms with Gasteiger partial charge in [-0.15, -0.1) is 0 Å². The first-order valence-electron chi connectivity index (χ1n) is 7.11. The summed E-state index contributed by atoms with van der Waals surface area (Å²) >= 11 is 0. The average molecular weight is 247 g/mol. The fraction of sp³-hybridized carbons (Fsp3) is 0.625. The highest BCUT2D eigenvalue weighted by molar-refractivity contribution is 5.30. The van der Waals surface area contributed by atoms with Gasteiger partial charge in [-0.05, 0) is 63.1 Å². The van der Waals surface area contributed by atoms with Crippen LogP contribution in [-0.2, 0) is 6.42 Å². The molecule has 2 nitrogen and oxygen atoms in total. The molecule has 2 rings (SSSR count). The lowest BCUT2D eigenvalue weighted by atomic mass is 9.89. The second-order valence-electron chi connectivity index (χ2n) is 5.64. The maximum absolute atomic E-state index is 10.3. The first kappa shape index (κ1) is 13.6. The summed E-state index contributed by atoms with van der Waals surface area (Å²) in [6.07, 6.45) is 4.09. The van der Waals surface area contributed by atoms with Gasteiger partial charge in [0.15, 0.2) is 0 Å². The topological polar surface area (TPSA) is 32.3 Å². The van der Waals surface area contributed by atoms with E-state index < -0.39 is 0 Å². The molecule has 2 unspecified atom stereocenters. The molecule has 0 aromatic heterocycles. The molecule has 1 aromatic carbocycles. The van der Waals surface area contributed by atoms with Crippen LogP contribution < -0.4 is 5.32 Å². The minimum absolute atomic E-state index is 0.155. The predicted molar refractivity (Wildman–Crippen MR) is 75.8 cm³/mol. The molecule has 2 heteroatoms. The standard InChI is InChI=1S/C16H25NO/c1-12-5-6-13(2)14(10-12)7-8-16(18)15-4-3-9-17-11-15/h5-6,10,15-18H,3-4,7-9,11H2,1-2H3. The second-order valence-corrected chi connectivity index (χ2v) is 5.64. The zero-order chi connectivity index (χ0) is 13.0. The first-order chi connectivity index (χ1) is 8.66. The van der Waals surface area contributed by atoms with Gasteiger partial charge in [-0.3, -0.25) is 0 Å². The molecule has 0 aliphatic carbocycles. The highest BCUT2D eigenvalue weighted by Crippen LogP contribution is 2.20. The second kappa shape index (κ2) is 6.35. The van der Waals surface area contributed by atoms with Crippen LogP contribution in [0.3, 0.4) is 0 Å². The molecule has 1 fully saturated rings. The predicted octanol–water partition coefficient (Wildman–Crippen LogP) is 2.60. The number of aliphatic hydroxyl groups is 1. The van der Waals surface area contributed by atoms with Crippen LogP contribution in [-0.4, -0.2) is 24.3 Å². The highest BCUT2D eigenvalue weighted by Gasteiger charge is 2.21. The van der Waals surface area contributed by atoms with Crippen molar-refractivity contribution in [1.82, 2.24) is 5.32 Å². The Morgan fingerprint density at radius 3 is 2.94 bits per heavy atom. The molecular formula is C16H25NO. The van der Waals surface area contributed by atoms with Crippen molar-refractivity contribution in [2.75, 3.05) is 13.1 Å². The van der Waals surface area contributed by atoms with Crippen molar-refractivity contribution in [2.24, 2.45) is 5.92 Å². The summed E-state index contributed by atoms with van der Waals surface area (Å²) in [5.41, 5.74) is 4.04. The van der Waals surface area contributed by atoms with Crippen molar-refractivity contribution in [2.45, 2.75) is 45.6 Å². The van der Waals surface area contributed by atoms with E-state index in [4.69, 9.17) is 0 Å². The number of rotatable bonds is 4. The monoisotopic (exact) mass is 247 g/mol. The van der Waals surface area contributed by atoms with Crippen LogP contribution in [0.5, 0.6) is 0 Å². The molecule has 1 heterocycles. The first-order valence-corrected chi connectivity index (χ1v) is 7.11. The Morgan fingerprint density at radius 2 is 2.22 bits per heavy atom. The molecule has 0 saturated carbocycles. The van der Waals surface area contributed by atoms with Crippen molar-refractivity contribution in [1.29, 1.82) is 0 Å². The van der Waals surface area contributed by atoms with Crippen molar-refractivity contribution in [3.63, 3.8) is 0 Å². The Morgan fingerprint density at radius 1 is 1.39 bits per heavy atom. The Bertz CT molecular complexity index is 383. The zero-order valence-electron chi connectivity index (χ0n) is 11.6. The van der Waals surface area contributed by atoms with Gasteiger partial charge >= 0.3 is 0 Å². The van der Waals surface area contributed by atoms with Crippen molar-refractivity contribution >= 4 is 0 Å². The van der Waals surface area contributed by atoms with Crippen LogP contribution in [0.4, 0.5) is 0 Å². The van der Waals surface area contributed by atoms with Crippen LogP contribution in [0.1, 0.15) is 36.0 Å². The summed E-state index contributed by atoms with van der Waals surface area (Å²) in [6, 6.07) is 6.58. The van der Waals surface area contributed by atoms with Gasteiger partial charge in [0.05, 0.1) is 6.10 Å². The highest BCUT2D eigenvalue weighted by atomic mass is 16.3.